The van der Waals surface area contributed by atoms with E-state index in [4.69, 9.17) is 14.2 Å². The molecule has 152 valence electrons. The highest BCUT2D eigenvalue weighted by atomic mass is 16.5. The third kappa shape index (κ3) is 2.96. The van der Waals surface area contributed by atoms with Gasteiger partial charge in [0.15, 0.2) is 11.5 Å². The van der Waals surface area contributed by atoms with E-state index in [9.17, 15) is 0 Å². The van der Waals surface area contributed by atoms with Crippen LogP contribution in [0.15, 0.2) is 54.9 Å². The average Bonchev–Trinajstić information content (AvgIpc) is 3.27. The number of benzene rings is 1. The monoisotopic (exact) mass is 391 g/mol. The second-order valence-electron chi connectivity index (χ2n) is 8.87. The summed E-state index contributed by atoms with van der Waals surface area (Å²) in [5.74, 6) is 3.34. The van der Waals surface area contributed by atoms with Crippen LogP contribution in [0, 0.1) is 23.2 Å². The maximum atomic E-state index is 6.37. The summed E-state index contributed by atoms with van der Waals surface area (Å²) in [6.07, 6.45) is 7.34. The summed E-state index contributed by atoms with van der Waals surface area (Å²) in [7, 11) is 1.68. The van der Waals surface area contributed by atoms with Crippen molar-refractivity contribution in [2.45, 2.75) is 38.9 Å². The predicted molar refractivity (Wildman–Crippen MR) is 112 cm³/mol. The molecule has 0 N–H and O–H groups in total. The molecule has 1 spiro atoms. The van der Waals surface area contributed by atoms with Gasteiger partial charge in [-0.05, 0) is 77.8 Å². The topological polar surface area (TPSA) is 40.6 Å². The van der Waals surface area contributed by atoms with Gasteiger partial charge in [-0.3, -0.25) is 4.98 Å². The van der Waals surface area contributed by atoms with Crippen LogP contribution in [0.4, 0.5) is 0 Å². The van der Waals surface area contributed by atoms with Crippen molar-refractivity contribution in [3.8, 4) is 11.5 Å². The van der Waals surface area contributed by atoms with Crippen LogP contribution in [0.2, 0.25) is 0 Å². The van der Waals surface area contributed by atoms with E-state index < -0.39 is 0 Å². The SMILES string of the molecule is C=C1[C@@H]2C[C@@H]3[C@@H](c4ccc(OC)c(OCc5ccncc5)c4)OCC[C@]3(C2)[C@@H]1C. The highest BCUT2D eigenvalue weighted by molar-refractivity contribution is 5.44. The van der Waals surface area contributed by atoms with Crippen LogP contribution in [0.25, 0.3) is 0 Å². The molecule has 4 nitrogen and oxygen atoms in total. The minimum Gasteiger partial charge on any atom is -0.493 e. The number of hydrogen-bond acceptors (Lipinski definition) is 4. The molecular weight excluding hydrogens is 362 g/mol. The number of nitrogens with zero attached hydrogens (tertiary/aromatic N) is 1. The van der Waals surface area contributed by atoms with Crippen molar-refractivity contribution in [2.24, 2.45) is 23.2 Å². The molecule has 0 unspecified atom stereocenters. The van der Waals surface area contributed by atoms with E-state index in [0.29, 0.717) is 29.8 Å². The summed E-state index contributed by atoms with van der Waals surface area (Å²) in [6, 6.07) is 10.2. The molecule has 1 aromatic heterocycles. The molecule has 0 radical (unpaired) electrons. The van der Waals surface area contributed by atoms with E-state index in [2.05, 4.69) is 30.6 Å². The van der Waals surface area contributed by atoms with Crippen LogP contribution in [-0.4, -0.2) is 18.7 Å². The van der Waals surface area contributed by atoms with Gasteiger partial charge in [-0.1, -0.05) is 25.1 Å². The Morgan fingerprint density at radius 1 is 1.21 bits per heavy atom. The zero-order chi connectivity index (χ0) is 20.0. The number of ether oxygens (including phenoxy) is 3. The highest BCUT2D eigenvalue weighted by Gasteiger charge is 2.61. The molecule has 2 aliphatic carbocycles. The van der Waals surface area contributed by atoms with Crippen LogP contribution >= 0.6 is 0 Å². The first-order valence-corrected chi connectivity index (χ1v) is 10.6. The van der Waals surface area contributed by atoms with Gasteiger partial charge in [-0.2, -0.15) is 0 Å². The molecule has 1 saturated heterocycles. The first-order valence-electron chi connectivity index (χ1n) is 10.6. The van der Waals surface area contributed by atoms with Crippen molar-refractivity contribution in [3.05, 3.63) is 66.0 Å². The molecule has 1 aromatic carbocycles. The smallest absolute Gasteiger partial charge is 0.162 e. The standard InChI is InChI=1S/C25H29NO3/c1-16-17(2)25-8-11-28-24(21(25)12-20(16)14-25)19-4-5-22(27-3)23(13-19)29-15-18-6-9-26-10-7-18/h4-7,9-10,13,17,20-21,24H,1,8,11-12,14-15H2,2-3H3/t17-,20-,21-,24-,25+/m1/s1. The summed E-state index contributed by atoms with van der Waals surface area (Å²) >= 11 is 0. The Balaban J connectivity index is 1.42. The summed E-state index contributed by atoms with van der Waals surface area (Å²) in [6.45, 7) is 8.10. The molecule has 2 aromatic rings. The summed E-state index contributed by atoms with van der Waals surface area (Å²) in [5, 5.41) is 0. The van der Waals surface area contributed by atoms with Crippen molar-refractivity contribution in [1.29, 1.82) is 0 Å². The second-order valence-corrected chi connectivity index (χ2v) is 8.87. The Bertz CT molecular complexity index is 912. The van der Waals surface area contributed by atoms with Crippen LogP contribution in [-0.2, 0) is 11.3 Å². The van der Waals surface area contributed by atoms with Crippen molar-refractivity contribution in [1.82, 2.24) is 4.98 Å². The zero-order valence-electron chi connectivity index (χ0n) is 17.3. The van der Waals surface area contributed by atoms with Gasteiger partial charge in [0.05, 0.1) is 13.2 Å². The molecule has 29 heavy (non-hydrogen) atoms. The van der Waals surface area contributed by atoms with Crippen molar-refractivity contribution < 1.29 is 14.2 Å². The van der Waals surface area contributed by atoms with Crippen molar-refractivity contribution in [3.63, 3.8) is 0 Å². The average molecular weight is 392 g/mol. The third-order valence-corrected chi connectivity index (χ3v) is 7.74. The molecule has 4 heteroatoms. The van der Waals surface area contributed by atoms with Gasteiger partial charge in [0.1, 0.15) is 6.61 Å². The molecule has 5 rings (SSSR count). The lowest BCUT2D eigenvalue weighted by atomic mass is 9.62. The second kappa shape index (κ2) is 7.17. The van der Waals surface area contributed by atoms with Gasteiger partial charge in [-0.15, -0.1) is 0 Å². The van der Waals surface area contributed by atoms with Gasteiger partial charge < -0.3 is 14.2 Å². The third-order valence-electron chi connectivity index (χ3n) is 7.74. The molecule has 1 aliphatic heterocycles. The van der Waals surface area contributed by atoms with E-state index >= 15 is 0 Å². The minimum absolute atomic E-state index is 0.124. The van der Waals surface area contributed by atoms with Gasteiger partial charge in [-0.25, -0.2) is 0 Å². The number of rotatable bonds is 5. The number of aromatic nitrogens is 1. The fourth-order valence-corrected chi connectivity index (χ4v) is 6.11. The van der Waals surface area contributed by atoms with Crippen LogP contribution in [0.1, 0.15) is 43.4 Å². The molecule has 5 atom stereocenters. The Hall–Kier alpha value is -2.33. The quantitative estimate of drug-likeness (QED) is 0.644. The lowest BCUT2D eigenvalue weighted by molar-refractivity contribution is -0.106. The number of fused-ring (bicyclic) bond motifs is 1. The van der Waals surface area contributed by atoms with E-state index in [1.54, 1.807) is 19.5 Å². The van der Waals surface area contributed by atoms with Crippen LogP contribution < -0.4 is 9.47 Å². The molecule has 2 saturated carbocycles. The largest absolute Gasteiger partial charge is 0.493 e. The normalized spacial score (nSPS) is 32.8. The minimum atomic E-state index is 0.124. The lowest BCUT2D eigenvalue weighted by Crippen LogP contribution is -2.42. The van der Waals surface area contributed by atoms with Gasteiger partial charge in [0.2, 0.25) is 0 Å². The number of hydrogen-bond donors (Lipinski definition) is 0. The molecule has 3 fully saturated rings. The predicted octanol–water partition coefficient (Wildman–Crippen LogP) is 5.35. The summed E-state index contributed by atoms with van der Waals surface area (Å²) < 4.78 is 18.1. The van der Waals surface area contributed by atoms with Crippen molar-refractivity contribution in [2.75, 3.05) is 13.7 Å². The van der Waals surface area contributed by atoms with Gasteiger partial charge >= 0.3 is 0 Å². The number of methoxy groups -OCH3 is 1. The Morgan fingerprint density at radius 2 is 2.03 bits per heavy atom. The number of allylic oxidation sites excluding steroid dienone is 1. The Labute approximate surface area is 172 Å². The van der Waals surface area contributed by atoms with Crippen LogP contribution in [0.3, 0.4) is 0 Å². The molecule has 0 amide bonds. The van der Waals surface area contributed by atoms with Gasteiger partial charge in [0.25, 0.3) is 0 Å². The number of pyridine rings is 1. The van der Waals surface area contributed by atoms with Crippen molar-refractivity contribution >= 4 is 0 Å². The first-order chi connectivity index (χ1) is 14.1. The maximum Gasteiger partial charge on any atom is 0.162 e. The van der Waals surface area contributed by atoms with E-state index in [1.807, 2.05) is 18.2 Å². The molecule has 3 aliphatic rings. The molecule has 2 bridgehead atoms. The van der Waals surface area contributed by atoms with E-state index in [1.165, 1.54) is 24.0 Å². The lowest BCUT2D eigenvalue weighted by Gasteiger charge is -2.48. The fraction of sp³-hybridized carbons (Fsp3) is 0.480. The van der Waals surface area contributed by atoms with E-state index in [-0.39, 0.29) is 6.10 Å². The molecular formula is C25H29NO3. The fourth-order valence-electron chi connectivity index (χ4n) is 6.11. The zero-order valence-corrected chi connectivity index (χ0v) is 17.3. The first kappa shape index (κ1) is 18.7. The van der Waals surface area contributed by atoms with Gasteiger partial charge in [0, 0.05) is 19.0 Å². The molecule has 2 heterocycles. The summed E-state index contributed by atoms with van der Waals surface area (Å²) in [5.41, 5.74) is 4.12. The summed E-state index contributed by atoms with van der Waals surface area (Å²) in [4.78, 5) is 4.07. The van der Waals surface area contributed by atoms with E-state index in [0.717, 1.165) is 30.1 Å². The highest BCUT2D eigenvalue weighted by Crippen LogP contribution is 2.69. The Morgan fingerprint density at radius 3 is 2.79 bits per heavy atom. The maximum absolute atomic E-state index is 6.37. The Kier molecular flexibility index (Phi) is 4.62. The van der Waals surface area contributed by atoms with Crippen LogP contribution in [0.5, 0.6) is 11.5 Å².